The molecule has 3 N–H and O–H groups in total. The average molecular weight is 456 g/mol. The summed E-state index contributed by atoms with van der Waals surface area (Å²) in [5.41, 5.74) is 6.29. The lowest BCUT2D eigenvalue weighted by Gasteiger charge is -2.30. The van der Waals surface area contributed by atoms with Gasteiger partial charge in [0.15, 0.2) is 0 Å². The van der Waals surface area contributed by atoms with Crippen LogP contribution in [0.5, 0.6) is 28.7 Å². The zero-order valence-electron chi connectivity index (χ0n) is 20.0. The minimum Gasteiger partial charge on any atom is -0.508 e. The number of aryl methyl sites for hydroxylation is 3. The predicted molar refractivity (Wildman–Crippen MR) is 136 cm³/mol. The van der Waals surface area contributed by atoms with Crippen LogP contribution in [-0.4, -0.2) is 15.3 Å². The van der Waals surface area contributed by atoms with Crippen LogP contribution in [0.4, 0.5) is 17.1 Å². The van der Waals surface area contributed by atoms with Crippen molar-refractivity contribution in [3.63, 3.8) is 0 Å². The molecule has 0 aliphatic heterocycles. The van der Waals surface area contributed by atoms with E-state index in [9.17, 15) is 15.3 Å². The third kappa shape index (κ3) is 4.25. The predicted octanol–water partition coefficient (Wildman–Crippen LogP) is 7.61. The van der Waals surface area contributed by atoms with Crippen LogP contribution in [0.25, 0.3) is 0 Å². The fourth-order valence-corrected chi connectivity index (χ4v) is 4.10. The molecule has 34 heavy (non-hydrogen) atoms. The summed E-state index contributed by atoms with van der Waals surface area (Å²) in [6.45, 7) is 9.38. The minimum absolute atomic E-state index is 0.189. The highest BCUT2D eigenvalue weighted by atomic mass is 16.5. The van der Waals surface area contributed by atoms with Gasteiger partial charge in [-0.2, -0.15) is 0 Å². The highest BCUT2D eigenvalue weighted by Gasteiger charge is 2.21. The number of hydrogen-bond acceptors (Lipinski definition) is 5. The number of benzene rings is 4. The smallest absolute Gasteiger partial charge is 0.130 e. The van der Waals surface area contributed by atoms with Gasteiger partial charge < -0.3 is 25.0 Å². The van der Waals surface area contributed by atoms with Crippen molar-refractivity contribution >= 4 is 17.1 Å². The molecule has 4 rings (SSSR count). The second kappa shape index (κ2) is 9.02. The molecule has 0 saturated carbocycles. The summed E-state index contributed by atoms with van der Waals surface area (Å²) < 4.78 is 6.14. The lowest BCUT2D eigenvalue weighted by atomic mass is 10.0. The van der Waals surface area contributed by atoms with E-state index in [1.54, 1.807) is 18.2 Å². The maximum Gasteiger partial charge on any atom is 0.130 e. The zero-order chi connectivity index (χ0) is 24.6. The van der Waals surface area contributed by atoms with Crippen molar-refractivity contribution in [2.24, 2.45) is 0 Å². The van der Waals surface area contributed by atoms with E-state index in [1.165, 1.54) is 0 Å². The number of phenolic OH excluding ortho intramolecular Hbond substituents is 3. The summed E-state index contributed by atoms with van der Waals surface area (Å²) in [5, 5.41) is 31.1. The van der Waals surface area contributed by atoms with E-state index in [-0.39, 0.29) is 17.2 Å². The topological polar surface area (TPSA) is 73.2 Å². The van der Waals surface area contributed by atoms with Crippen LogP contribution in [0.3, 0.4) is 0 Å². The summed E-state index contributed by atoms with van der Waals surface area (Å²) in [5.74, 6) is 1.94. The van der Waals surface area contributed by atoms with Gasteiger partial charge in [-0.15, -0.1) is 0 Å². The number of hydrogen-bond donors (Lipinski definition) is 3. The fourth-order valence-electron chi connectivity index (χ4n) is 4.10. The number of aromatic hydroxyl groups is 3. The second-order valence-corrected chi connectivity index (χ2v) is 8.64. The quantitative estimate of drug-likeness (QED) is 0.289. The molecule has 0 aliphatic rings. The fraction of sp³-hybridized carbons (Fsp3) is 0.172. The van der Waals surface area contributed by atoms with Crippen LogP contribution in [0.1, 0.15) is 27.8 Å². The van der Waals surface area contributed by atoms with Crippen molar-refractivity contribution < 1.29 is 20.1 Å². The second-order valence-electron chi connectivity index (χ2n) is 8.64. The van der Waals surface area contributed by atoms with Gasteiger partial charge in [-0.25, -0.2) is 0 Å². The number of phenols is 3. The Morgan fingerprint density at radius 3 is 1.76 bits per heavy atom. The molecular formula is C29H29NO4. The molecule has 0 heterocycles. The van der Waals surface area contributed by atoms with Crippen LogP contribution in [0.2, 0.25) is 0 Å². The van der Waals surface area contributed by atoms with Gasteiger partial charge in [0.1, 0.15) is 28.7 Å². The number of nitrogens with zero attached hydrogens (tertiary/aromatic N) is 1. The first-order valence-electron chi connectivity index (χ1n) is 11.1. The maximum absolute atomic E-state index is 10.7. The van der Waals surface area contributed by atoms with Crippen LogP contribution in [0, 0.1) is 34.6 Å². The van der Waals surface area contributed by atoms with Crippen molar-refractivity contribution in [3.05, 3.63) is 94.5 Å². The van der Waals surface area contributed by atoms with Crippen molar-refractivity contribution in [2.45, 2.75) is 34.6 Å². The Morgan fingerprint density at radius 2 is 1.21 bits per heavy atom. The number of ether oxygens (including phenoxy) is 1. The van der Waals surface area contributed by atoms with Crippen LogP contribution >= 0.6 is 0 Å². The first-order chi connectivity index (χ1) is 16.2. The molecule has 4 aromatic rings. The Morgan fingerprint density at radius 1 is 0.618 bits per heavy atom. The van der Waals surface area contributed by atoms with Gasteiger partial charge in [0.05, 0.1) is 11.4 Å². The molecule has 0 bridgehead atoms. The van der Waals surface area contributed by atoms with E-state index in [1.807, 2.05) is 88.0 Å². The van der Waals surface area contributed by atoms with E-state index in [0.29, 0.717) is 11.5 Å². The van der Waals surface area contributed by atoms with Gasteiger partial charge in [-0.1, -0.05) is 18.2 Å². The Labute approximate surface area is 200 Å². The van der Waals surface area contributed by atoms with Crippen molar-refractivity contribution in [3.8, 4) is 28.7 Å². The highest BCUT2D eigenvalue weighted by molar-refractivity contribution is 5.83. The molecule has 0 amide bonds. The highest BCUT2D eigenvalue weighted by Crippen LogP contribution is 2.44. The summed E-state index contributed by atoms with van der Waals surface area (Å²) in [7, 11) is 0. The minimum atomic E-state index is 0.189. The van der Waals surface area contributed by atoms with Crippen molar-refractivity contribution in [2.75, 3.05) is 4.90 Å². The Kier molecular flexibility index (Phi) is 6.12. The molecule has 0 aliphatic carbocycles. The van der Waals surface area contributed by atoms with Gasteiger partial charge >= 0.3 is 0 Å². The summed E-state index contributed by atoms with van der Waals surface area (Å²) in [6.07, 6.45) is 0. The zero-order valence-corrected chi connectivity index (χ0v) is 20.0. The van der Waals surface area contributed by atoms with Gasteiger partial charge in [0, 0.05) is 22.9 Å². The third-order valence-electron chi connectivity index (χ3n) is 6.15. The first-order valence-corrected chi connectivity index (χ1v) is 11.1. The number of rotatable bonds is 5. The lowest BCUT2D eigenvalue weighted by Crippen LogP contribution is -2.13. The normalized spacial score (nSPS) is 10.9. The Hall–Kier alpha value is -4.12. The van der Waals surface area contributed by atoms with Crippen molar-refractivity contribution in [1.29, 1.82) is 0 Å². The molecule has 0 saturated heterocycles. The van der Waals surface area contributed by atoms with E-state index in [0.717, 1.165) is 44.9 Å². The molecule has 0 aromatic heterocycles. The van der Waals surface area contributed by atoms with E-state index >= 15 is 0 Å². The standard InChI is InChI=1S/C29H29NO4/c1-17-9-12-25(20(4)28(17)32)30(26-13-10-18(2)29(33)21(26)5)22-7-6-8-24(16-22)34-27-14-11-23(31)15-19(27)3/h6-16,31-33H,1-5H3. The molecule has 4 aromatic carbocycles. The van der Waals surface area contributed by atoms with E-state index in [4.69, 9.17) is 4.74 Å². The number of anilines is 3. The van der Waals surface area contributed by atoms with Crippen LogP contribution < -0.4 is 9.64 Å². The molecule has 0 fully saturated rings. The molecule has 0 spiro atoms. The SMILES string of the molecule is Cc1cc(O)ccc1Oc1cccc(N(c2ccc(C)c(O)c2C)c2ccc(C)c(O)c2C)c1. The van der Waals surface area contributed by atoms with E-state index < -0.39 is 0 Å². The lowest BCUT2D eigenvalue weighted by molar-refractivity contribution is 0.461. The van der Waals surface area contributed by atoms with Gasteiger partial charge in [0.25, 0.3) is 0 Å². The molecule has 5 nitrogen and oxygen atoms in total. The average Bonchev–Trinajstić information content (AvgIpc) is 2.81. The molecule has 0 atom stereocenters. The maximum atomic E-state index is 10.7. The molecule has 0 radical (unpaired) electrons. The first kappa shape index (κ1) is 23.1. The molecular weight excluding hydrogens is 426 g/mol. The van der Waals surface area contributed by atoms with Crippen LogP contribution in [-0.2, 0) is 0 Å². The van der Waals surface area contributed by atoms with Gasteiger partial charge in [-0.3, -0.25) is 0 Å². The van der Waals surface area contributed by atoms with Crippen molar-refractivity contribution in [1.82, 2.24) is 0 Å². The molecule has 0 unspecified atom stereocenters. The van der Waals surface area contributed by atoms with Gasteiger partial charge in [-0.05, 0) is 93.8 Å². The summed E-state index contributed by atoms with van der Waals surface area (Å²) >= 11 is 0. The van der Waals surface area contributed by atoms with Crippen LogP contribution in [0.15, 0.2) is 66.7 Å². The molecule has 5 heteroatoms. The Bertz CT molecular complexity index is 1320. The third-order valence-corrected chi connectivity index (χ3v) is 6.15. The Balaban J connectivity index is 1.87. The summed E-state index contributed by atoms with van der Waals surface area (Å²) in [6, 6.07) is 20.3. The summed E-state index contributed by atoms with van der Waals surface area (Å²) in [4.78, 5) is 2.01. The van der Waals surface area contributed by atoms with E-state index in [2.05, 4.69) is 0 Å². The largest absolute Gasteiger partial charge is 0.508 e. The monoisotopic (exact) mass is 455 g/mol. The van der Waals surface area contributed by atoms with Gasteiger partial charge in [0.2, 0.25) is 0 Å². The molecule has 174 valence electrons.